The predicted octanol–water partition coefficient (Wildman–Crippen LogP) is 1.00. The van der Waals surface area contributed by atoms with Gasteiger partial charge < -0.3 is 10.1 Å². The Balaban J connectivity index is 2.96. The van der Waals surface area contributed by atoms with Gasteiger partial charge in [0, 0.05) is 5.56 Å². The molecule has 0 saturated heterocycles. The van der Waals surface area contributed by atoms with E-state index in [1.165, 1.54) is 6.92 Å². The highest BCUT2D eigenvalue weighted by Gasteiger charge is 2.14. The molecule has 0 unspecified atom stereocenters. The highest BCUT2D eigenvalue weighted by atomic mass is 19.1. The van der Waals surface area contributed by atoms with Crippen molar-refractivity contribution in [2.24, 2.45) is 0 Å². The molecule has 1 aromatic carbocycles. The molecule has 0 bridgehead atoms. The highest BCUT2D eigenvalue weighted by Crippen LogP contribution is 2.20. The number of aromatic amines is 1. The molecule has 6 heteroatoms. The van der Waals surface area contributed by atoms with Gasteiger partial charge in [-0.2, -0.15) is 0 Å². The molecule has 0 atom stereocenters. The number of rotatable bonds is 1. The summed E-state index contributed by atoms with van der Waals surface area (Å²) in [7, 11) is 0. The zero-order valence-corrected chi connectivity index (χ0v) is 8.34. The number of nitrogens with one attached hydrogen (secondary N) is 1. The summed E-state index contributed by atoms with van der Waals surface area (Å²) in [6.45, 7) is 0.764. The number of aliphatic hydroxyl groups is 1. The zero-order valence-electron chi connectivity index (χ0n) is 8.34. The molecule has 2 aromatic rings. The van der Waals surface area contributed by atoms with E-state index in [0.717, 1.165) is 6.07 Å². The Labute approximate surface area is 88.6 Å². The van der Waals surface area contributed by atoms with Gasteiger partial charge in [-0.25, -0.2) is 13.8 Å². The van der Waals surface area contributed by atoms with Gasteiger partial charge >= 0.3 is 0 Å². The summed E-state index contributed by atoms with van der Waals surface area (Å²) in [5.41, 5.74) is -1.28. The summed E-state index contributed by atoms with van der Waals surface area (Å²) in [6, 6.07) is 0.838. The van der Waals surface area contributed by atoms with Crippen molar-refractivity contribution in [3.05, 3.63) is 39.3 Å². The van der Waals surface area contributed by atoms with E-state index in [9.17, 15) is 13.6 Å². The Morgan fingerprint density at radius 3 is 2.81 bits per heavy atom. The van der Waals surface area contributed by atoms with Crippen LogP contribution in [-0.2, 0) is 6.61 Å². The Morgan fingerprint density at radius 2 is 2.19 bits per heavy atom. The van der Waals surface area contributed by atoms with Crippen molar-refractivity contribution >= 4 is 11.0 Å². The van der Waals surface area contributed by atoms with Gasteiger partial charge in [-0.15, -0.1) is 0 Å². The van der Waals surface area contributed by atoms with Crippen molar-refractivity contribution in [2.75, 3.05) is 0 Å². The first-order valence-electron chi connectivity index (χ1n) is 4.53. The topological polar surface area (TPSA) is 66.0 Å². The van der Waals surface area contributed by atoms with Crippen LogP contribution in [0.2, 0.25) is 0 Å². The number of aryl methyl sites for hydroxylation is 1. The van der Waals surface area contributed by atoms with E-state index < -0.39 is 23.8 Å². The van der Waals surface area contributed by atoms with Crippen LogP contribution in [0.25, 0.3) is 11.0 Å². The van der Waals surface area contributed by atoms with Crippen LogP contribution in [0.4, 0.5) is 8.78 Å². The number of hydrogen-bond acceptors (Lipinski definition) is 3. The zero-order chi connectivity index (χ0) is 11.9. The fourth-order valence-corrected chi connectivity index (χ4v) is 1.42. The molecular formula is C10H8F2N2O2. The van der Waals surface area contributed by atoms with Crippen LogP contribution >= 0.6 is 0 Å². The fourth-order valence-electron chi connectivity index (χ4n) is 1.42. The number of aliphatic hydroxyl groups excluding tert-OH is 1. The van der Waals surface area contributed by atoms with Crippen molar-refractivity contribution in [2.45, 2.75) is 13.5 Å². The molecule has 0 fully saturated rings. The molecule has 0 aliphatic carbocycles. The molecule has 0 radical (unpaired) electrons. The molecule has 0 spiro atoms. The van der Waals surface area contributed by atoms with Crippen molar-refractivity contribution in [3.8, 4) is 0 Å². The van der Waals surface area contributed by atoms with Crippen molar-refractivity contribution in [1.82, 2.24) is 9.97 Å². The number of benzene rings is 1. The second kappa shape index (κ2) is 3.64. The van der Waals surface area contributed by atoms with E-state index in [0.29, 0.717) is 0 Å². The highest BCUT2D eigenvalue weighted by molar-refractivity contribution is 5.76. The summed E-state index contributed by atoms with van der Waals surface area (Å²) >= 11 is 0. The van der Waals surface area contributed by atoms with Crippen molar-refractivity contribution in [1.29, 1.82) is 0 Å². The maximum absolute atomic E-state index is 13.6. The van der Waals surface area contributed by atoms with E-state index >= 15 is 0 Å². The van der Waals surface area contributed by atoms with Crippen LogP contribution in [0.3, 0.4) is 0 Å². The number of halogens is 2. The maximum Gasteiger partial charge on any atom is 0.269 e. The van der Waals surface area contributed by atoms with Crippen LogP contribution in [0, 0.1) is 18.6 Å². The molecule has 2 rings (SSSR count). The number of nitrogens with zero attached hydrogens (tertiary/aromatic N) is 1. The second-order valence-corrected chi connectivity index (χ2v) is 3.36. The normalized spacial score (nSPS) is 11.0. The van der Waals surface area contributed by atoms with E-state index in [4.69, 9.17) is 5.11 Å². The van der Waals surface area contributed by atoms with Crippen LogP contribution in [0.5, 0.6) is 0 Å². The average molecular weight is 226 g/mol. The number of fused-ring (bicyclic) bond motifs is 1. The predicted molar refractivity (Wildman–Crippen MR) is 52.9 cm³/mol. The summed E-state index contributed by atoms with van der Waals surface area (Å²) in [6.07, 6.45) is 0. The van der Waals surface area contributed by atoms with Gasteiger partial charge in [0.2, 0.25) is 0 Å². The van der Waals surface area contributed by atoms with E-state index in [1.54, 1.807) is 0 Å². The molecule has 16 heavy (non-hydrogen) atoms. The quantitative estimate of drug-likeness (QED) is 0.762. The third-order valence-electron chi connectivity index (χ3n) is 2.28. The van der Waals surface area contributed by atoms with E-state index in [2.05, 4.69) is 9.97 Å². The molecular weight excluding hydrogens is 218 g/mol. The third kappa shape index (κ3) is 1.47. The Hall–Kier alpha value is -1.82. The van der Waals surface area contributed by atoms with Crippen LogP contribution < -0.4 is 5.56 Å². The summed E-state index contributed by atoms with van der Waals surface area (Å²) < 4.78 is 27.1. The Kier molecular flexibility index (Phi) is 2.43. The summed E-state index contributed by atoms with van der Waals surface area (Å²) in [4.78, 5) is 17.1. The van der Waals surface area contributed by atoms with Crippen molar-refractivity contribution in [3.63, 3.8) is 0 Å². The van der Waals surface area contributed by atoms with Gasteiger partial charge in [0.05, 0.1) is 6.61 Å². The molecule has 84 valence electrons. The second-order valence-electron chi connectivity index (χ2n) is 3.36. The standard InChI is InChI=1S/C10H8F2N2O2/c1-4-10(16)14-8-6(11)2-5(3-15)7(12)9(8)13-4/h2,15H,3H2,1H3,(H,14,16). The minimum absolute atomic E-state index is 0.0425. The maximum atomic E-state index is 13.6. The molecule has 1 aromatic heterocycles. The minimum Gasteiger partial charge on any atom is -0.392 e. The van der Waals surface area contributed by atoms with Crippen LogP contribution in [0.15, 0.2) is 10.9 Å². The van der Waals surface area contributed by atoms with Crippen LogP contribution in [0.1, 0.15) is 11.3 Å². The van der Waals surface area contributed by atoms with Gasteiger partial charge in [0.25, 0.3) is 5.56 Å². The lowest BCUT2D eigenvalue weighted by molar-refractivity contribution is 0.275. The minimum atomic E-state index is -0.821. The lowest BCUT2D eigenvalue weighted by Gasteiger charge is -2.05. The van der Waals surface area contributed by atoms with Crippen LogP contribution in [-0.4, -0.2) is 15.1 Å². The third-order valence-corrected chi connectivity index (χ3v) is 2.28. The monoisotopic (exact) mass is 226 g/mol. The summed E-state index contributed by atoms with van der Waals surface area (Å²) in [5.74, 6) is -1.64. The lowest BCUT2D eigenvalue weighted by atomic mass is 10.1. The smallest absolute Gasteiger partial charge is 0.269 e. The molecule has 0 amide bonds. The van der Waals surface area contributed by atoms with Crippen molar-refractivity contribution < 1.29 is 13.9 Å². The Bertz CT molecular complexity index is 622. The van der Waals surface area contributed by atoms with E-state index in [-0.39, 0.29) is 22.3 Å². The van der Waals surface area contributed by atoms with Gasteiger partial charge in [0.1, 0.15) is 22.5 Å². The fraction of sp³-hybridized carbons (Fsp3) is 0.200. The molecule has 0 aliphatic heterocycles. The molecule has 1 heterocycles. The molecule has 0 saturated carbocycles. The molecule has 2 N–H and O–H groups in total. The number of hydrogen-bond donors (Lipinski definition) is 2. The first-order chi connectivity index (χ1) is 7.54. The SMILES string of the molecule is Cc1nc2c(F)c(CO)cc(F)c2[nH]c1=O. The van der Waals surface area contributed by atoms with Gasteiger partial charge in [-0.1, -0.05) is 0 Å². The molecule has 4 nitrogen and oxygen atoms in total. The first-order valence-corrected chi connectivity index (χ1v) is 4.53. The number of H-pyrrole nitrogens is 1. The Morgan fingerprint density at radius 1 is 1.50 bits per heavy atom. The van der Waals surface area contributed by atoms with Gasteiger partial charge in [0.15, 0.2) is 5.82 Å². The average Bonchev–Trinajstić information content (AvgIpc) is 2.26. The lowest BCUT2D eigenvalue weighted by Crippen LogP contribution is -2.13. The summed E-state index contributed by atoms with van der Waals surface area (Å²) in [5, 5.41) is 8.82. The first kappa shape index (κ1) is 10.7. The largest absolute Gasteiger partial charge is 0.392 e. The molecule has 0 aliphatic rings. The van der Waals surface area contributed by atoms with Gasteiger partial charge in [-0.3, -0.25) is 4.79 Å². The van der Waals surface area contributed by atoms with E-state index in [1.807, 2.05) is 0 Å². The van der Waals surface area contributed by atoms with Gasteiger partial charge in [-0.05, 0) is 13.0 Å². The number of aromatic nitrogens is 2.